The summed E-state index contributed by atoms with van der Waals surface area (Å²) in [6.07, 6.45) is 3.00. The molecule has 1 aromatic heterocycles. The van der Waals surface area contributed by atoms with E-state index in [2.05, 4.69) is 4.98 Å². The number of hydrogen-bond donors (Lipinski definition) is 0. The number of benzene rings is 1. The van der Waals surface area contributed by atoms with Crippen LogP contribution in [0.3, 0.4) is 0 Å². The fourth-order valence-electron chi connectivity index (χ4n) is 0.999. The van der Waals surface area contributed by atoms with Crippen molar-refractivity contribution in [2.24, 2.45) is 0 Å². The van der Waals surface area contributed by atoms with Crippen molar-refractivity contribution in [1.82, 2.24) is 4.98 Å². The van der Waals surface area contributed by atoms with Crippen LogP contribution in [0.4, 0.5) is 0 Å². The second-order valence-corrected chi connectivity index (χ2v) is 3.15. The molecule has 4 heteroatoms. The Morgan fingerprint density at radius 1 is 1.29 bits per heavy atom. The lowest BCUT2D eigenvalue weighted by molar-refractivity contribution is 0.270. The van der Waals surface area contributed by atoms with Crippen molar-refractivity contribution in [3.05, 3.63) is 47.6 Å². The van der Waals surface area contributed by atoms with Crippen molar-refractivity contribution < 1.29 is 9.15 Å². The number of oxazole rings is 1. The van der Waals surface area contributed by atoms with Crippen LogP contribution in [0.25, 0.3) is 0 Å². The monoisotopic (exact) mass is 209 g/mol. The first-order chi connectivity index (χ1) is 6.84. The molecule has 0 aliphatic heterocycles. The van der Waals surface area contributed by atoms with Gasteiger partial charge in [-0.05, 0) is 24.3 Å². The highest BCUT2D eigenvalue weighted by Crippen LogP contribution is 2.16. The van der Waals surface area contributed by atoms with Crippen LogP contribution >= 0.6 is 11.6 Å². The maximum atomic E-state index is 5.73. The van der Waals surface area contributed by atoms with Crippen LogP contribution in [0.2, 0.25) is 5.02 Å². The zero-order valence-corrected chi connectivity index (χ0v) is 8.07. The van der Waals surface area contributed by atoms with E-state index in [4.69, 9.17) is 20.8 Å². The molecule has 0 spiro atoms. The number of rotatable bonds is 3. The third kappa shape index (κ3) is 2.26. The highest BCUT2D eigenvalue weighted by molar-refractivity contribution is 6.30. The molecule has 0 unspecified atom stereocenters. The lowest BCUT2D eigenvalue weighted by Crippen LogP contribution is -1.92. The van der Waals surface area contributed by atoms with E-state index < -0.39 is 0 Å². The van der Waals surface area contributed by atoms with Gasteiger partial charge in [0.15, 0.2) is 12.2 Å². The van der Waals surface area contributed by atoms with E-state index >= 15 is 0 Å². The van der Waals surface area contributed by atoms with Crippen molar-refractivity contribution in [2.45, 2.75) is 6.61 Å². The number of hydrogen-bond acceptors (Lipinski definition) is 3. The molecule has 0 saturated carbocycles. The highest BCUT2D eigenvalue weighted by atomic mass is 35.5. The third-order valence-corrected chi connectivity index (χ3v) is 1.93. The summed E-state index contributed by atoms with van der Waals surface area (Å²) in [5.74, 6) is 1.45. The van der Waals surface area contributed by atoms with Gasteiger partial charge in [-0.25, -0.2) is 4.98 Å². The molecular formula is C10H8ClNO2. The summed E-state index contributed by atoms with van der Waals surface area (Å²) in [6.45, 7) is 0.377. The number of nitrogens with zero attached hydrogens (tertiary/aromatic N) is 1. The topological polar surface area (TPSA) is 35.3 Å². The summed E-state index contributed by atoms with van der Waals surface area (Å²) < 4.78 is 10.4. The third-order valence-electron chi connectivity index (χ3n) is 1.68. The van der Waals surface area contributed by atoms with Crippen molar-refractivity contribution in [3.63, 3.8) is 0 Å². The fraction of sp³-hybridized carbons (Fsp3) is 0.100. The quantitative estimate of drug-likeness (QED) is 0.780. The summed E-state index contributed by atoms with van der Waals surface area (Å²) >= 11 is 5.73. The Hall–Kier alpha value is -1.48. The zero-order chi connectivity index (χ0) is 9.80. The number of halogens is 1. The van der Waals surface area contributed by atoms with Gasteiger partial charge in [0.05, 0.1) is 6.20 Å². The number of aromatic nitrogens is 1. The van der Waals surface area contributed by atoms with Crippen LogP contribution in [0.1, 0.15) is 5.76 Å². The van der Waals surface area contributed by atoms with Crippen molar-refractivity contribution >= 4 is 11.6 Å². The van der Waals surface area contributed by atoms with Gasteiger partial charge in [0.1, 0.15) is 12.4 Å². The molecule has 1 heterocycles. The van der Waals surface area contributed by atoms with Crippen LogP contribution in [-0.4, -0.2) is 4.98 Å². The first-order valence-electron chi connectivity index (χ1n) is 4.10. The Morgan fingerprint density at radius 2 is 2.07 bits per heavy atom. The largest absolute Gasteiger partial charge is 0.486 e. The average Bonchev–Trinajstić information content (AvgIpc) is 2.70. The first kappa shape index (κ1) is 9.09. The minimum atomic E-state index is 0.377. The lowest BCUT2D eigenvalue weighted by atomic mass is 10.3. The summed E-state index contributed by atoms with van der Waals surface area (Å²) in [7, 11) is 0. The molecule has 0 aliphatic rings. The molecule has 1 aromatic carbocycles. The summed E-state index contributed by atoms with van der Waals surface area (Å²) in [5.41, 5.74) is 0. The fourth-order valence-corrected chi connectivity index (χ4v) is 1.12. The molecule has 0 bridgehead atoms. The SMILES string of the molecule is Clc1ccc(OCc2cnco2)cc1. The minimum absolute atomic E-state index is 0.377. The van der Waals surface area contributed by atoms with Gasteiger partial charge < -0.3 is 9.15 Å². The van der Waals surface area contributed by atoms with E-state index in [0.29, 0.717) is 17.4 Å². The van der Waals surface area contributed by atoms with Gasteiger partial charge in [-0.15, -0.1) is 0 Å². The Labute approximate surface area is 86.3 Å². The Balaban J connectivity index is 1.95. The average molecular weight is 210 g/mol. The molecule has 0 fully saturated rings. The first-order valence-corrected chi connectivity index (χ1v) is 4.48. The lowest BCUT2D eigenvalue weighted by Gasteiger charge is -2.02. The van der Waals surface area contributed by atoms with Crippen LogP contribution in [0.5, 0.6) is 5.75 Å². The van der Waals surface area contributed by atoms with Crippen LogP contribution in [0, 0.1) is 0 Å². The van der Waals surface area contributed by atoms with Gasteiger partial charge in [-0.2, -0.15) is 0 Å². The van der Waals surface area contributed by atoms with E-state index in [0.717, 1.165) is 5.75 Å². The molecule has 0 atom stereocenters. The molecule has 0 saturated heterocycles. The van der Waals surface area contributed by atoms with Gasteiger partial charge in [0.2, 0.25) is 0 Å². The molecule has 3 nitrogen and oxygen atoms in total. The van der Waals surface area contributed by atoms with Crippen molar-refractivity contribution in [2.75, 3.05) is 0 Å². The molecule has 0 aliphatic carbocycles. The van der Waals surface area contributed by atoms with Crippen molar-refractivity contribution in [3.8, 4) is 5.75 Å². The van der Waals surface area contributed by atoms with E-state index in [1.807, 2.05) is 0 Å². The van der Waals surface area contributed by atoms with Gasteiger partial charge in [-0.3, -0.25) is 0 Å². The second-order valence-electron chi connectivity index (χ2n) is 2.71. The molecule has 2 aromatic rings. The smallest absolute Gasteiger partial charge is 0.181 e. The summed E-state index contributed by atoms with van der Waals surface area (Å²) in [6, 6.07) is 7.16. The van der Waals surface area contributed by atoms with Crippen LogP contribution in [0.15, 0.2) is 41.3 Å². The molecule has 14 heavy (non-hydrogen) atoms. The second kappa shape index (κ2) is 4.15. The molecule has 0 amide bonds. The Bertz CT molecular complexity index is 383. The van der Waals surface area contributed by atoms with Gasteiger partial charge in [0.25, 0.3) is 0 Å². The molecule has 0 radical (unpaired) electrons. The Kier molecular flexibility index (Phi) is 2.70. The van der Waals surface area contributed by atoms with Crippen LogP contribution in [-0.2, 0) is 6.61 Å². The Morgan fingerprint density at radius 3 is 2.71 bits per heavy atom. The number of ether oxygens (including phenoxy) is 1. The molecular weight excluding hydrogens is 202 g/mol. The zero-order valence-electron chi connectivity index (χ0n) is 7.31. The highest BCUT2D eigenvalue weighted by Gasteiger charge is 1.98. The molecule has 2 rings (SSSR count). The van der Waals surface area contributed by atoms with Gasteiger partial charge in [0, 0.05) is 5.02 Å². The van der Waals surface area contributed by atoms with Gasteiger partial charge >= 0.3 is 0 Å². The maximum absolute atomic E-state index is 5.73. The normalized spacial score (nSPS) is 10.1. The maximum Gasteiger partial charge on any atom is 0.181 e. The van der Waals surface area contributed by atoms with E-state index in [9.17, 15) is 0 Å². The van der Waals surface area contributed by atoms with E-state index in [-0.39, 0.29) is 0 Å². The van der Waals surface area contributed by atoms with Crippen LogP contribution < -0.4 is 4.74 Å². The summed E-state index contributed by atoms with van der Waals surface area (Å²) in [5, 5.41) is 0.692. The summed E-state index contributed by atoms with van der Waals surface area (Å²) in [4.78, 5) is 3.78. The standard InChI is InChI=1S/C10H8ClNO2/c11-8-1-3-9(4-2-8)13-6-10-5-12-7-14-10/h1-5,7H,6H2. The predicted octanol–water partition coefficient (Wildman–Crippen LogP) is 2.91. The molecule has 72 valence electrons. The van der Waals surface area contributed by atoms with Gasteiger partial charge in [-0.1, -0.05) is 11.6 Å². The van der Waals surface area contributed by atoms with E-state index in [1.54, 1.807) is 30.5 Å². The van der Waals surface area contributed by atoms with Crippen molar-refractivity contribution in [1.29, 1.82) is 0 Å². The molecule has 0 N–H and O–H groups in total. The van der Waals surface area contributed by atoms with E-state index in [1.165, 1.54) is 6.39 Å². The predicted molar refractivity (Wildman–Crippen MR) is 52.3 cm³/mol. The minimum Gasteiger partial charge on any atom is -0.486 e.